The third-order valence-electron chi connectivity index (χ3n) is 2.23. The number of carbonyl (C=O) groups is 1. The largest absolute Gasteiger partial charge is 0.349 e. The molecule has 2 nitrogen and oxygen atoms in total. The van der Waals surface area contributed by atoms with E-state index in [1.54, 1.807) is 19.0 Å². The molecule has 1 amide bonds. The maximum absolute atomic E-state index is 11.3. The highest BCUT2D eigenvalue weighted by molar-refractivity contribution is 6.32. The van der Waals surface area contributed by atoms with Gasteiger partial charge in [-0.2, -0.15) is 0 Å². The number of nitrogens with zero attached hydrogens (tertiary/aromatic N) is 1. The van der Waals surface area contributed by atoms with Crippen LogP contribution < -0.4 is 0 Å². The maximum atomic E-state index is 11.3. The van der Waals surface area contributed by atoms with Crippen LogP contribution in [0.25, 0.3) is 6.08 Å². The van der Waals surface area contributed by atoms with Crippen molar-refractivity contribution in [3.05, 3.63) is 40.9 Å². The smallest absolute Gasteiger partial charge is 0.222 e. The monoisotopic (exact) mass is 237 g/mol. The van der Waals surface area contributed by atoms with Crippen LogP contribution in [-0.2, 0) is 4.79 Å². The van der Waals surface area contributed by atoms with Crippen LogP contribution in [0.15, 0.2) is 30.3 Å². The molecule has 3 heteroatoms. The van der Waals surface area contributed by atoms with E-state index in [0.29, 0.717) is 6.42 Å². The van der Waals surface area contributed by atoms with Crippen molar-refractivity contribution >= 4 is 23.6 Å². The van der Waals surface area contributed by atoms with E-state index < -0.39 is 0 Å². The standard InChI is InChI=1S/C13H16ClNO/c1-15(2)13(16)10-6-4-8-11-7-3-5-9-12(11)14/h3-5,7-9H,6,10H2,1-2H3. The maximum Gasteiger partial charge on any atom is 0.222 e. The number of benzene rings is 1. The Morgan fingerprint density at radius 1 is 1.38 bits per heavy atom. The summed E-state index contributed by atoms with van der Waals surface area (Å²) in [6.45, 7) is 0. The van der Waals surface area contributed by atoms with Crippen molar-refractivity contribution in [1.29, 1.82) is 0 Å². The molecule has 0 aromatic heterocycles. The van der Waals surface area contributed by atoms with Gasteiger partial charge in [0.25, 0.3) is 0 Å². The molecule has 0 aliphatic rings. The second-order valence-corrected chi connectivity index (χ2v) is 4.16. The van der Waals surface area contributed by atoms with Gasteiger partial charge >= 0.3 is 0 Å². The Kier molecular flexibility index (Phi) is 5.06. The van der Waals surface area contributed by atoms with E-state index in [4.69, 9.17) is 11.6 Å². The molecule has 0 unspecified atom stereocenters. The van der Waals surface area contributed by atoms with Crippen LogP contribution in [0.1, 0.15) is 18.4 Å². The zero-order valence-corrected chi connectivity index (χ0v) is 10.4. The van der Waals surface area contributed by atoms with Gasteiger partial charge in [-0.1, -0.05) is 42.0 Å². The number of carbonyl (C=O) groups excluding carboxylic acids is 1. The summed E-state index contributed by atoms with van der Waals surface area (Å²) in [5, 5.41) is 0.734. The van der Waals surface area contributed by atoms with Gasteiger partial charge in [-0.25, -0.2) is 0 Å². The van der Waals surface area contributed by atoms with Crippen LogP contribution in [0.2, 0.25) is 5.02 Å². The molecule has 0 spiro atoms. The Balaban J connectivity index is 2.44. The minimum absolute atomic E-state index is 0.142. The van der Waals surface area contributed by atoms with Crippen LogP contribution in [-0.4, -0.2) is 24.9 Å². The van der Waals surface area contributed by atoms with Gasteiger partial charge in [0.15, 0.2) is 0 Å². The number of allylic oxidation sites excluding steroid dienone is 1. The van der Waals surface area contributed by atoms with Gasteiger partial charge in [-0.3, -0.25) is 4.79 Å². The summed E-state index contributed by atoms with van der Waals surface area (Å²) in [6.07, 6.45) is 5.20. The molecule has 0 aliphatic carbocycles. The molecule has 0 radical (unpaired) electrons. The Labute approximate surface area is 102 Å². The van der Waals surface area contributed by atoms with Crippen LogP contribution >= 0.6 is 11.6 Å². The molecular formula is C13H16ClNO. The summed E-state index contributed by atoms with van der Waals surface area (Å²) in [5.74, 6) is 0.142. The van der Waals surface area contributed by atoms with E-state index in [1.807, 2.05) is 36.4 Å². The first-order valence-corrected chi connectivity index (χ1v) is 5.60. The highest BCUT2D eigenvalue weighted by Crippen LogP contribution is 2.16. The fourth-order valence-electron chi connectivity index (χ4n) is 1.25. The van der Waals surface area contributed by atoms with E-state index in [1.165, 1.54) is 0 Å². The van der Waals surface area contributed by atoms with Crippen LogP contribution in [0.3, 0.4) is 0 Å². The Morgan fingerprint density at radius 3 is 2.69 bits per heavy atom. The van der Waals surface area contributed by atoms with Crippen molar-refractivity contribution < 1.29 is 4.79 Å². The first-order valence-electron chi connectivity index (χ1n) is 5.22. The zero-order valence-electron chi connectivity index (χ0n) is 9.61. The summed E-state index contributed by atoms with van der Waals surface area (Å²) in [4.78, 5) is 12.9. The third-order valence-corrected chi connectivity index (χ3v) is 2.57. The molecule has 0 fully saturated rings. The van der Waals surface area contributed by atoms with Crippen molar-refractivity contribution in [1.82, 2.24) is 4.90 Å². The molecule has 16 heavy (non-hydrogen) atoms. The molecule has 1 aromatic carbocycles. The van der Waals surface area contributed by atoms with Crippen molar-refractivity contribution in [2.45, 2.75) is 12.8 Å². The topological polar surface area (TPSA) is 20.3 Å². The molecule has 1 aromatic rings. The van der Waals surface area contributed by atoms with Gasteiger partial charge in [-0.05, 0) is 18.1 Å². The predicted octanol–water partition coefficient (Wildman–Crippen LogP) is 3.22. The number of halogens is 1. The molecule has 0 heterocycles. The van der Waals surface area contributed by atoms with Crippen molar-refractivity contribution in [2.24, 2.45) is 0 Å². The SMILES string of the molecule is CN(C)C(=O)CCC=Cc1ccccc1Cl. The second kappa shape index (κ2) is 6.33. The molecule has 86 valence electrons. The molecular weight excluding hydrogens is 222 g/mol. The summed E-state index contributed by atoms with van der Waals surface area (Å²) in [5.41, 5.74) is 0.987. The fraction of sp³-hybridized carbons (Fsp3) is 0.308. The van der Waals surface area contributed by atoms with E-state index in [-0.39, 0.29) is 5.91 Å². The minimum Gasteiger partial charge on any atom is -0.349 e. The summed E-state index contributed by atoms with van der Waals surface area (Å²) in [7, 11) is 3.53. The highest BCUT2D eigenvalue weighted by atomic mass is 35.5. The lowest BCUT2D eigenvalue weighted by Crippen LogP contribution is -2.20. The van der Waals surface area contributed by atoms with Crippen molar-refractivity contribution in [3.63, 3.8) is 0 Å². The lowest BCUT2D eigenvalue weighted by molar-refractivity contribution is -0.128. The predicted molar refractivity (Wildman–Crippen MR) is 68.4 cm³/mol. The molecule has 0 saturated heterocycles. The first-order chi connectivity index (χ1) is 7.61. The Bertz CT molecular complexity index is 385. The van der Waals surface area contributed by atoms with Crippen molar-refractivity contribution in [3.8, 4) is 0 Å². The number of amides is 1. The van der Waals surface area contributed by atoms with Gasteiger partial charge in [0, 0.05) is 25.5 Å². The summed E-state index contributed by atoms with van der Waals surface area (Å²) in [6, 6.07) is 7.64. The lowest BCUT2D eigenvalue weighted by Gasteiger charge is -2.08. The Hall–Kier alpha value is -1.28. The van der Waals surface area contributed by atoms with Crippen LogP contribution in [0, 0.1) is 0 Å². The number of rotatable bonds is 4. The van der Waals surface area contributed by atoms with E-state index in [2.05, 4.69) is 0 Å². The third kappa shape index (κ3) is 4.07. The normalized spacial score (nSPS) is 10.7. The average Bonchev–Trinajstić information content (AvgIpc) is 2.26. The quantitative estimate of drug-likeness (QED) is 0.788. The van der Waals surface area contributed by atoms with Crippen LogP contribution in [0.5, 0.6) is 0 Å². The molecule has 0 N–H and O–H groups in total. The van der Waals surface area contributed by atoms with E-state index in [0.717, 1.165) is 17.0 Å². The van der Waals surface area contributed by atoms with E-state index in [9.17, 15) is 4.79 Å². The molecule has 0 bridgehead atoms. The summed E-state index contributed by atoms with van der Waals surface area (Å²) < 4.78 is 0. The van der Waals surface area contributed by atoms with Gasteiger partial charge < -0.3 is 4.90 Å². The Morgan fingerprint density at radius 2 is 2.06 bits per heavy atom. The highest BCUT2D eigenvalue weighted by Gasteiger charge is 2.00. The number of hydrogen-bond donors (Lipinski definition) is 0. The minimum atomic E-state index is 0.142. The molecule has 0 saturated carbocycles. The molecule has 0 aliphatic heterocycles. The van der Waals surface area contributed by atoms with Crippen molar-refractivity contribution in [2.75, 3.05) is 14.1 Å². The fourth-order valence-corrected chi connectivity index (χ4v) is 1.45. The van der Waals surface area contributed by atoms with Gasteiger partial charge in [0.2, 0.25) is 5.91 Å². The second-order valence-electron chi connectivity index (χ2n) is 3.75. The van der Waals surface area contributed by atoms with Gasteiger partial charge in [0.05, 0.1) is 0 Å². The van der Waals surface area contributed by atoms with Crippen LogP contribution in [0.4, 0.5) is 0 Å². The lowest BCUT2D eigenvalue weighted by atomic mass is 10.2. The molecule has 0 atom stereocenters. The van der Waals surface area contributed by atoms with Gasteiger partial charge in [-0.15, -0.1) is 0 Å². The zero-order chi connectivity index (χ0) is 12.0. The first kappa shape index (κ1) is 12.8. The summed E-state index contributed by atoms with van der Waals surface area (Å²) >= 11 is 5.99. The number of hydrogen-bond acceptors (Lipinski definition) is 1. The van der Waals surface area contributed by atoms with E-state index >= 15 is 0 Å². The molecule has 1 rings (SSSR count). The average molecular weight is 238 g/mol. The van der Waals surface area contributed by atoms with Gasteiger partial charge in [0.1, 0.15) is 0 Å².